The van der Waals surface area contributed by atoms with Gasteiger partial charge in [0.15, 0.2) is 0 Å². The first kappa shape index (κ1) is 11.4. The van der Waals surface area contributed by atoms with E-state index in [0.29, 0.717) is 24.9 Å². The van der Waals surface area contributed by atoms with E-state index in [1.54, 1.807) is 7.05 Å². The van der Waals surface area contributed by atoms with Crippen molar-refractivity contribution in [1.82, 2.24) is 15.5 Å². The SMILES string of the molecule is CNCC(=O)N1CCC2NC(=O)CCC2C1. The van der Waals surface area contributed by atoms with E-state index in [1.165, 1.54) is 0 Å². The van der Waals surface area contributed by atoms with Crippen molar-refractivity contribution in [3.63, 3.8) is 0 Å². The van der Waals surface area contributed by atoms with Crippen molar-refractivity contribution in [2.45, 2.75) is 25.3 Å². The molecule has 0 radical (unpaired) electrons. The normalized spacial score (nSPS) is 29.6. The molecule has 2 saturated heterocycles. The average molecular weight is 225 g/mol. The zero-order chi connectivity index (χ0) is 11.5. The van der Waals surface area contributed by atoms with Crippen LogP contribution in [0.4, 0.5) is 0 Å². The second-order valence-corrected chi connectivity index (χ2v) is 4.63. The molecular formula is C11H19N3O2. The van der Waals surface area contributed by atoms with Crippen LogP contribution in [-0.2, 0) is 9.59 Å². The molecule has 0 aromatic rings. The van der Waals surface area contributed by atoms with Crippen molar-refractivity contribution in [2.24, 2.45) is 5.92 Å². The maximum Gasteiger partial charge on any atom is 0.236 e. The summed E-state index contributed by atoms with van der Waals surface area (Å²) in [6.07, 6.45) is 2.42. The summed E-state index contributed by atoms with van der Waals surface area (Å²) in [6.45, 7) is 1.97. The largest absolute Gasteiger partial charge is 0.353 e. The molecule has 0 bridgehead atoms. The third-order valence-electron chi connectivity index (χ3n) is 3.50. The maximum absolute atomic E-state index is 11.7. The highest BCUT2D eigenvalue weighted by Crippen LogP contribution is 2.25. The molecule has 2 heterocycles. The van der Waals surface area contributed by atoms with Gasteiger partial charge >= 0.3 is 0 Å². The van der Waals surface area contributed by atoms with Gasteiger partial charge < -0.3 is 15.5 Å². The van der Waals surface area contributed by atoms with Gasteiger partial charge in [-0.2, -0.15) is 0 Å². The Bertz CT molecular complexity index is 293. The van der Waals surface area contributed by atoms with Crippen LogP contribution < -0.4 is 10.6 Å². The maximum atomic E-state index is 11.7. The Morgan fingerprint density at radius 1 is 1.56 bits per heavy atom. The Morgan fingerprint density at radius 2 is 2.38 bits per heavy atom. The fraction of sp³-hybridized carbons (Fsp3) is 0.818. The van der Waals surface area contributed by atoms with Crippen LogP contribution in [0.3, 0.4) is 0 Å². The summed E-state index contributed by atoms with van der Waals surface area (Å²) in [7, 11) is 1.78. The van der Waals surface area contributed by atoms with E-state index in [2.05, 4.69) is 10.6 Å². The number of fused-ring (bicyclic) bond motifs is 1. The first-order valence-electron chi connectivity index (χ1n) is 5.92. The Balaban J connectivity index is 1.90. The zero-order valence-corrected chi connectivity index (χ0v) is 9.66. The standard InChI is InChI=1S/C11H19N3O2/c1-12-6-11(16)14-5-4-9-8(7-14)2-3-10(15)13-9/h8-9,12H,2-7H2,1H3,(H,13,15). The first-order valence-corrected chi connectivity index (χ1v) is 5.92. The Kier molecular flexibility index (Phi) is 3.43. The lowest BCUT2D eigenvalue weighted by molar-refractivity contribution is -0.133. The first-order chi connectivity index (χ1) is 7.70. The molecule has 2 atom stereocenters. The lowest BCUT2D eigenvalue weighted by Crippen LogP contribution is -2.55. The molecule has 0 spiro atoms. The van der Waals surface area contributed by atoms with E-state index in [-0.39, 0.29) is 11.8 Å². The molecule has 2 aliphatic rings. The number of likely N-dealkylation sites (N-methyl/N-ethyl adjacent to an activating group) is 1. The number of amides is 2. The Labute approximate surface area is 95.6 Å². The molecule has 0 saturated carbocycles. The van der Waals surface area contributed by atoms with Gasteiger partial charge in [0.25, 0.3) is 0 Å². The molecule has 2 unspecified atom stereocenters. The summed E-state index contributed by atoms with van der Waals surface area (Å²) in [5.74, 6) is 0.779. The number of piperidine rings is 2. The minimum absolute atomic E-state index is 0.163. The number of rotatable bonds is 2. The van der Waals surface area contributed by atoms with Crippen LogP contribution in [0.1, 0.15) is 19.3 Å². The van der Waals surface area contributed by atoms with Gasteiger partial charge in [-0.1, -0.05) is 0 Å². The zero-order valence-electron chi connectivity index (χ0n) is 9.66. The number of nitrogens with one attached hydrogen (secondary N) is 2. The van der Waals surface area contributed by atoms with Gasteiger partial charge in [-0.05, 0) is 25.8 Å². The lowest BCUT2D eigenvalue weighted by atomic mass is 9.85. The highest BCUT2D eigenvalue weighted by atomic mass is 16.2. The monoisotopic (exact) mass is 225 g/mol. The van der Waals surface area contributed by atoms with Gasteiger partial charge in [0, 0.05) is 25.6 Å². The highest BCUT2D eigenvalue weighted by Gasteiger charge is 2.34. The van der Waals surface area contributed by atoms with Crippen molar-refractivity contribution < 1.29 is 9.59 Å². The summed E-state index contributed by atoms with van der Waals surface area (Å²) in [6, 6.07) is 0.292. The van der Waals surface area contributed by atoms with Crippen LogP contribution in [0.15, 0.2) is 0 Å². The van der Waals surface area contributed by atoms with Crippen LogP contribution in [-0.4, -0.2) is 49.4 Å². The summed E-state index contributed by atoms with van der Waals surface area (Å²) < 4.78 is 0. The van der Waals surface area contributed by atoms with Crippen LogP contribution in [0.2, 0.25) is 0 Å². The predicted molar refractivity (Wildman–Crippen MR) is 59.8 cm³/mol. The molecule has 0 aliphatic carbocycles. The van der Waals surface area contributed by atoms with E-state index in [9.17, 15) is 9.59 Å². The van der Waals surface area contributed by atoms with Crippen molar-refractivity contribution in [3.05, 3.63) is 0 Å². The minimum atomic E-state index is 0.163. The summed E-state index contributed by atoms with van der Waals surface area (Å²) >= 11 is 0. The fourth-order valence-corrected chi connectivity index (χ4v) is 2.60. The molecule has 2 rings (SSSR count). The van der Waals surface area contributed by atoms with Gasteiger partial charge in [-0.15, -0.1) is 0 Å². The molecule has 2 N–H and O–H groups in total. The number of nitrogens with zero attached hydrogens (tertiary/aromatic N) is 1. The van der Waals surface area contributed by atoms with Crippen molar-refractivity contribution in [1.29, 1.82) is 0 Å². The van der Waals surface area contributed by atoms with Gasteiger partial charge in [0.2, 0.25) is 11.8 Å². The average Bonchev–Trinajstić information content (AvgIpc) is 2.28. The van der Waals surface area contributed by atoms with Crippen LogP contribution in [0.25, 0.3) is 0 Å². The van der Waals surface area contributed by atoms with Crippen LogP contribution >= 0.6 is 0 Å². The number of carbonyl (C=O) groups is 2. The molecular weight excluding hydrogens is 206 g/mol. The molecule has 0 aromatic heterocycles. The number of hydrogen-bond acceptors (Lipinski definition) is 3. The molecule has 2 aliphatic heterocycles. The van der Waals surface area contributed by atoms with Crippen LogP contribution in [0.5, 0.6) is 0 Å². The summed E-state index contributed by atoms with van der Waals surface area (Å²) in [5, 5.41) is 5.90. The molecule has 0 aromatic carbocycles. The van der Waals surface area contributed by atoms with Crippen molar-refractivity contribution >= 4 is 11.8 Å². The predicted octanol–water partition coefficient (Wildman–Crippen LogP) is -0.667. The molecule has 2 fully saturated rings. The van der Waals surface area contributed by atoms with Gasteiger partial charge in [0.05, 0.1) is 6.54 Å². The lowest BCUT2D eigenvalue weighted by Gasteiger charge is -2.41. The topological polar surface area (TPSA) is 61.4 Å². The second kappa shape index (κ2) is 4.82. The highest BCUT2D eigenvalue weighted by molar-refractivity contribution is 5.79. The minimum Gasteiger partial charge on any atom is -0.353 e. The molecule has 16 heavy (non-hydrogen) atoms. The molecule has 5 nitrogen and oxygen atoms in total. The van der Waals surface area contributed by atoms with E-state index >= 15 is 0 Å². The number of hydrogen-bond donors (Lipinski definition) is 2. The van der Waals surface area contributed by atoms with E-state index in [1.807, 2.05) is 4.90 Å². The second-order valence-electron chi connectivity index (χ2n) is 4.63. The third kappa shape index (κ3) is 2.35. The Morgan fingerprint density at radius 3 is 3.12 bits per heavy atom. The van der Waals surface area contributed by atoms with Gasteiger partial charge in [-0.3, -0.25) is 9.59 Å². The van der Waals surface area contributed by atoms with E-state index in [4.69, 9.17) is 0 Å². The summed E-state index contributed by atoms with van der Waals surface area (Å²) in [5.41, 5.74) is 0. The summed E-state index contributed by atoms with van der Waals surface area (Å²) in [4.78, 5) is 24.9. The van der Waals surface area contributed by atoms with Gasteiger partial charge in [0.1, 0.15) is 0 Å². The Hall–Kier alpha value is -1.10. The molecule has 2 amide bonds. The fourth-order valence-electron chi connectivity index (χ4n) is 2.60. The van der Waals surface area contributed by atoms with Gasteiger partial charge in [-0.25, -0.2) is 0 Å². The van der Waals surface area contributed by atoms with E-state index < -0.39 is 0 Å². The van der Waals surface area contributed by atoms with Crippen molar-refractivity contribution in [2.75, 3.05) is 26.7 Å². The molecule has 90 valence electrons. The number of likely N-dealkylation sites (tertiary alicyclic amines) is 1. The van der Waals surface area contributed by atoms with Crippen molar-refractivity contribution in [3.8, 4) is 0 Å². The number of carbonyl (C=O) groups excluding carboxylic acids is 2. The smallest absolute Gasteiger partial charge is 0.236 e. The van der Waals surface area contributed by atoms with Crippen LogP contribution in [0, 0.1) is 5.92 Å². The quantitative estimate of drug-likeness (QED) is 0.655. The van der Waals surface area contributed by atoms with E-state index in [0.717, 1.165) is 25.9 Å². The molecule has 5 heteroatoms. The third-order valence-corrected chi connectivity index (χ3v) is 3.50.